The number of nitrogens with two attached hydrogens (primary N) is 1. The van der Waals surface area contributed by atoms with Crippen LogP contribution in [0.2, 0.25) is 0 Å². The van der Waals surface area contributed by atoms with Crippen molar-refractivity contribution in [1.82, 2.24) is 5.43 Å². The van der Waals surface area contributed by atoms with Gasteiger partial charge in [0.15, 0.2) is 5.76 Å². The van der Waals surface area contributed by atoms with Crippen LogP contribution >= 0.6 is 15.9 Å². The molecule has 3 N–H and O–H groups in total. The molecule has 0 saturated carbocycles. The quantitative estimate of drug-likeness (QED) is 0.509. The van der Waals surface area contributed by atoms with E-state index in [2.05, 4.69) is 15.9 Å². The van der Waals surface area contributed by atoms with Gasteiger partial charge >= 0.3 is 5.91 Å². The summed E-state index contributed by atoms with van der Waals surface area (Å²) >= 11 is 3.48. The third kappa shape index (κ3) is 2.19. The van der Waals surface area contributed by atoms with Crippen LogP contribution in [0.4, 0.5) is 0 Å². The Balaban J connectivity index is 2.47. The zero-order chi connectivity index (χ0) is 13.3. The summed E-state index contributed by atoms with van der Waals surface area (Å²) in [5.41, 5.74) is 5.26. The number of nitrogen functional groups attached to an aromatic ring is 1. The lowest BCUT2D eigenvalue weighted by Crippen LogP contribution is -2.29. The minimum atomic E-state index is -0.437. The van der Waals surface area contributed by atoms with E-state index in [1.807, 2.05) is 31.4 Å². The average Bonchev–Trinajstić information content (AvgIpc) is 2.84. The second-order valence-corrected chi connectivity index (χ2v) is 4.84. The monoisotopic (exact) mass is 308 g/mol. The van der Waals surface area contributed by atoms with Gasteiger partial charge in [0, 0.05) is 10.0 Å². The molecule has 1 heterocycles. The largest absolute Gasteiger partial charge is 0.451 e. The summed E-state index contributed by atoms with van der Waals surface area (Å²) in [7, 11) is 0. The Morgan fingerprint density at radius 3 is 2.61 bits per heavy atom. The Kier molecular flexibility index (Phi) is 3.54. The SMILES string of the molecule is Cc1c(Br)ccc(-c2ccc(C(=O)NN)o2)c1C. The first-order chi connectivity index (χ1) is 8.54. The second kappa shape index (κ2) is 4.96. The van der Waals surface area contributed by atoms with Gasteiger partial charge in [0.1, 0.15) is 5.76 Å². The number of furan rings is 1. The first kappa shape index (κ1) is 12.9. The summed E-state index contributed by atoms with van der Waals surface area (Å²) in [6, 6.07) is 7.28. The Bertz CT molecular complexity index is 605. The number of hydrazine groups is 1. The number of hydrogen-bond acceptors (Lipinski definition) is 3. The number of carbonyl (C=O) groups is 1. The molecule has 0 radical (unpaired) electrons. The lowest BCUT2D eigenvalue weighted by Gasteiger charge is -2.08. The normalized spacial score (nSPS) is 10.4. The molecule has 1 aromatic carbocycles. The number of hydrogen-bond donors (Lipinski definition) is 2. The van der Waals surface area contributed by atoms with Crippen LogP contribution in [0, 0.1) is 13.8 Å². The van der Waals surface area contributed by atoms with Gasteiger partial charge in [-0.25, -0.2) is 5.84 Å². The molecule has 0 unspecified atom stereocenters. The van der Waals surface area contributed by atoms with Gasteiger partial charge in [-0.2, -0.15) is 0 Å². The van der Waals surface area contributed by atoms with Crippen molar-refractivity contribution < 1.29 is 9.21 Å². The zero-order valence-corrected chi connectivity index (χ0v) is 11.7. The molecule has 0 bridgehead atoms. The molecule has 18 heavy (non-hydrogen) atoms. The van der Waals surface area contributed by atoms with Gasteiger partial charge in [0.2, 0.25) is 0 Å². The van der Waals surface area contributed by atoms with Gasteiger partial charge in [-0.3, -0.25) is 10.2 Å². The van der Waals surface area contributed by atoms with Crippen LogP contribution in [-0.2, 0) is 0 Å². The molecule has 2 rings (SSSR count). The van der Waals surface area contributed by atoms with Crippen molar-refractivity contribution in [3.05, 3.63) is 45.6 Å². The number of carbonyl (C=O) groups excluding carboxylic acids is 1. The Hall–Kier alpha value is -1.59. The van der Waals surface area contributed by atoms with Crippen molar-refractivity contribution in [2.45, 2.75) is 13.8 Å². The van der Waals surface area contributed by atoms with Crippen LogP contribution in [0.1, 0.15) is 21.7 Å². The Morgan fingerprint density at radius 2 is 1.94 bits per heavy atom. The fourth-order valence-corrected chi connectivity index (χ4v) is 2.16. The summed E-state index contributed by atoms with van der Waals surface area (Å²) in [5.74, 6) is 5.48. The maximum Gasteiger partial charge on any atom is 0.300 e. The molecule has 4 nitrogen and oxygen atoms in total. The minimum Gasteiger partial charge on any atom is -0.451 e. The molecule has 0 saturated heterocycles. The van der Waals surface area contributed by atoms with Crippen molar-refractivity contribution in [3.63, 3.8) is 0 Å². The smallest absolute Gasteiger partial charge is 0.300 e. The fourth-order valence-electron chi connectivity index (χ4n) is 1.73. The van der Waals surface area contributed by atoms with Crippen LogP contribution in [0.15, 0.2) is 33.2 Å². The van der Waals surface area contributed by atoms with E-state index < -0.39 is 5.91 Å². The summed E-state index contributed by atoms with van der Waals surface area (Å²) in [6.45, 7) is 4.04. The molecular weight excluding hydrogens is 296 g/mol. The standard InChI is InChI=1S/C13H13BrN2O2/c1-7-8(2)10(14)4-3-9(7)11-5-6-12(18-11)13(17)16-15/h3-6H,15H2,1-2H3,(H,16,17). The highest BCUT2D eigenvalue weighted by Gasteiger charge is 2.13. The lowest BCUT2D eigenvalue weighted by atomic mass is 10.0. The zero-order valence-electron chi connectivity index (χ0n) is 10.1. The molecule has 5 heteroatoms. The average molecular weight is 309 g/mol. The van der Waals surface area contributed by atoms with E-state index in [1.165, 1.54) is 0 Å². The van der Waals surface area contributed by atoms with Gasteiger partial charge in [0.05, 0.1) is 0 Å². The highest BCUT2D eigenvalue weighted by Crippen LogP contribution is 2.31. The second-order valence-electron chi connectivity index (χ2n) is 3.98. The number of amides is 1. The van der Waals surface area contributed by atoms with Crippen molar-refractivity contribution in [1.29, 1.82) is 0 Å². The third-order valence-corrected chi connectivity index (χ3v) is 3.81. The van der Waals surface area contributed by atoms with Crippen LogP contribution in [0.5, 0.6) is 0 Å². The Labute approximate surface area is 113 Å². The maximum absolute atomic E-state index is 11.3. The summed E-state index contributed by atoms with van der Waals surface area (Å²) in [6.07, 6.45) is 0. The molecular formula is C13H13BrN2O2. The van der Waals surface area contributed by atoms with E-state index in [9.17, 15) is 4.79 Å². The maximum atomic E-state index is 11.3. The van der Waals surface area contributed by atoms with Crippen LogP contribution in [0.25, 0.3) is 11.3 Å². The van der Waals surface area contributed by atoms with E-state index in [1.54, 1.807) is 12.1 Å². The van der Waals surface area contributed by atoms with E-state index in [0.717, 1.165) is 21.2 Å². The Morgan fingerprint density at radius 1 is 1.22 bits per heavy atom. The van der Waals surface area contributed by atoms with Crippen molar-refractivity contribution in [2.75, 3.05) is 0 Å². The van der Waals surface area contributed by atoms with E-state index in [-0.39, 0.29) is 5.76 Å². The van der Waals surface area contributed by atoms with E-state index >= 15 is 0 Å². The fraction of sp³-hybridized carbons (Fsp3) is 0.154. The number of nitrogens with one attached hydrogen (secondary N) is 1. The summed E-state index contributed by atoms with van der Waals surface area (Å²) < 4.78 is 6.54. The predicted molar refractivity (Wildman–Crippen MR) is 73.0 cm³/mol. The first-order valence-corrected chi connectivity index (χ1v) is 6.20. The van der Waals surface area contributed by atoms with Gasteiger partial charge in [-0.05, 0) is 49.2 Å². The molecule has 0 fully saturated rings. The van der Waals surface area contributed by atoms with Crippen LogP contribution in [0.3, 0.4) is 0 Å². The van der Waals surface area contributed by atoms with Gasteiger partial charge in [0.25, 0.3) is 0 Å². The molecule has 94 valence electrons. The molecule has 0 aliphatic rings. The highest BCUT2D eigenvalue weighted by molar-refractivity contribution is 9.10. The first-order valence-electron chi connectivity index (χ1n) is 5.41. The van der Waals surface area contributed by atoms with Crippen LogP contribution < -0.4 is 11.3 Å². The molecule has 1 amide bonds. The van der Waals surface area contributed by atoms with Gasteiger partial charge in [-0.15, -0.1) is 0 Å². The third-order valence-electron chi connectivity index (χ3n) is 2.95. The molecule has 0 spiro atoms. The van der Waals surface area contributed by atoms with E-state index in [0.29, 0.717) is 5.76 Å². The highest BCUT2D eigenvalue weighted by atomic mass is 79.9. The van der Waals surface area contributed by atoms with Crippen molar-refractivity contribution in [3.8, 4) is 11.3 Å². The van der Waals surface area contributed by atoms with Crippen LogP contribution in [-0.4, -0.2) is 5.91 Å². The number of rotatable bonds is 2. The van der Waals surface area contributed by atoms with Crippen molar-refractivity contribution >= 4 is 21.8 Å². The molecule has 1 aromatic heterocycles. The molecule has 2 aromatic rings. The summed E-state index contributed by atoms with van der Waals surface area (Å²) in [5, 5.41) is 0. The number of benzene rings is 1. The predicted octanol–water partition coefficient (Wildman–Crippen LogP) is 2.93. The molecule has 0 aliphatic heterocycles. The number of halogens is 1. The minimum absolute atomic E-state index is 0.201. The van der Waals surface area contributed by atoms with Gasteiger partial charge < -0.3 is 4.42 Å². The van der Waals surface area contributed by atoms with E-state index in [4.69, 9.17) is 10.3 Å². The molecule has 0 atom stereocenters. The van der Waals surface area contributed by atoms with Crippen molar-refractivity contribution in [2.24, 2.45) is 5.84 Å². The molecule has 0 aliphatic carbocycles. The topological polar surface area (TPSA) is 68.3 Å². The summed E-state index contributed by atoms with van der Waals surface area (Å²) in [4.78, 5) is 11.3. The lowest BCUT2D eigenvalue weighted by molar-refractivity contribution is 0.0927. The van der Waals surface area contributed by atoms with Gasteiger partial charge in [-0.1, -0.05) is 15.9 Å².